The number of halogens is 3. The van der Waals surface area contributed by atoms with Crippen LogP contribution in [0, 0.1) is 12.7 Å². The first kappa shape index (κ1) is 15.0. The highest BCUT2D eigenvalue weighted by Gasteiger charge is 2.20. The molecule has 20 heavy (non-hydrogen) atoms. The molecule has 0 atom stereocenters. The Hall–Kier alpha value is -1.37. The van der Waals surface area contributed by atoms with E-state index in [0.717, 1.165) is 18.2 Å². The molecule has 0 unspecified atom stereocenters. The summed E-state index contributed by atoms with van der Waals surface area (Å²) < 4.78 is 39.7. The van der Waals surface area contributed by atoms with Gasteiger partial charge in [-0.1, -0.05) is 23.2 Å². The third-order valence-corrected chi connectivity index (χ3v) is 4.65. The molecule has 1 aromatic heterocycles. The van der Waals surface area contributed by atoms with Crippen molar-refractivity contribution in [2.45, 2.75) is 11.8 Å². The monoisotopic (exact) mass is 334 g/mol. The third-order valence-electron chi connectivity index (χ3n) is 2.53. The number of nitrogens with one attached hydrogen (secondary N) is 1. The Morgan fingerprint density at radius 2 is 1.95 bits per heavy atom. The van der Waals surface area contributed by atoms with Crippen LogP contribution in [0.3, 0.4) is 0 Å². The molecule has 4 nitrogen and oxygen atoms in total. The minimum Gasteiger partial charge on any atom is -0.276 e. The Morgan fingerprint density at radius 3 is 2.55 bits per heavy atom. The average molecular weight is 335 g/mol. The molecule has 106 valence electrons. The summed E-state index contributed by atoms with van der Waals surface area (Å²) in [6, 6.07) is 4.63. The van der Waals surface area contributed by atoms with Gasteiger partial charge >= 0.3 is 0 Å². The predicted molar refractivity (Wildman–Crippen MR) is 76.2 cm³/mol. The maximum atomic E-state index is 13.0. The molecule has 0 fully saturated rings. The lowest BCUT2D eigenvalue weighted by molar-refractivity contribution is 0.599. The van der Waals surface area contributed by atoms with E-state index in [1.165, 1.54) is 6.20 Å². The molecule has 0 bridgehead atoms. The molecule has 2 aromatic rings. The van der Waals surface area contributed by atoms with E-state index in [-0.39, 0.29) is 20.8 Å². The molecule has 2 rings (SSSR count). The maximum absolute atomic E-state index is 13.0. The van der Waals surface area contributed by atoms with E-state index in [0.29, 0.717) is 5.56 Å². The van der Waals surface area contributed by atoms with Gasteiger partial charge in [0.1, 0.15) is 10.7 Å². The van der Waals surface area contributed by atoms with Gasteiger partial charge in [0.15, 0.2) is 5.15 Å². The Kier molecular flexibility index (Phi) is 4.17. The standard InChI is InChI=1S/C12H9Cl2FN2O2S/c1-7-4-5-16-12(14)11(7)17-20(18,19)10-3-2-8(15)6-9(10)13/h2-6,17H,1H3. The number of rotatable bonds is 3. The molecule has 1 heterocycles. The summed E-state index contributed by atoms with van der Waals surface area (Å²) in [7, 11) is -3.98. The molecule has 0 amide bonds. The number of benzene rings is 1. The number of hydrogen-bond acceptors (Lipinski definition) is 3. The second kappa shape index (κ2) is 5.55. The van der Waals surface area contributed by atoms with E-state index < -0.39 is 15.8 Å². The highest BCUT2D eigenvalue weighted by atomic mass is 35.5. The molecule has 0 saturated heterocycles. The van der Waals surface area contributed by atoms with Gasteiger partial charge in [-0.05, 0) is 36.8 Å². The quantitative estimate of drug-likeness (QED) is 0.872. The predicted octanol–water partition coefficient (Wildman–Crippen LogP) is 3.64. The molecule has 0 aliphatic heterocycles. The lowest BCUT2D eigenvalue weighted by Crippen LogP contribution is -2.15. The summed E-state index contributed by atoms with van der Waals surface area (Å²) >= 11 is 11.6. The van der Waals surface area contributed by atoms with Gasteiger partial charge in [-0.25, -0.2) is 17.8 Å². The zero-order valence-corrected chi connectivity index (χ0v) is 12.5. The molecule has 0 aliphatic rings. The number of hydrogen-bond donors (Lipinski definition) is 1. The van der Waals surface area contributed by atoms with Crippen molar-refractivity contribution in [2.75, 3.05) is 4.72 Å². The summed E-state index contributed by atoms with van der Waals surface area (Å²) in [6.07, 6.45) is 1.46. The van der Waals surface area contributed by atoms with Gasteiger partial charge < -0.3 is 0 Å². The van der Waals surface area contributed by atoms with Gasteiger partial charge in [-0.2, -0.15) is 0 Å². The van der Waals surface area contributed by atoms with Crippen LogP contribution < -0.4 is 4.72 Å². The van der Waals surface area contributed by atoms with Crippen LogP contribution in [-0.2, 0) is 10.0 Å². The van der Waals surface area contributed by atoms with Crippen LogP contribution in [0.25, 0.3) is 0 Å². The summed E-state index contributed by atoms with van der Waals surface area (Å²) in [4.78, 5) is 3.56. The number of aromatic nitrogens is 1. The fraction of sp³-hybridized carbons (Fsp3) is 0.0833. The van der Waals surface area contributed by atoms with E-state index in [9.17, 15) is 12.8 Å². The van der Waals surface area contributed by atoms with Crippen LogP contribution in [0.2, 0.25) is 10.2 Å². The van der Waals surface area contributed by atoms with Gasteiger partial charge in [-0.3, -0.25) is 4.72 Å². The van der Waals surface area contributed by atoms with Crippen molar-refractivity contribution < 1.29 is 12.8 Å². The second-order valence-electron chi connectivity index (χ2n) is 3.97. The molecule has 0 aliphatic carbocycles. The van der Waals surface area contributed by atoms with Crippen LogP contribution in [0.4, 0.5) is 10.1 Å². The highest BCUT2D eigenvalue weighted by Crippen LogP contribution is 2.28. The molecule has 0 spiro atoms. The number of nitrogens with zero attached hydrogens (tertiary/aromatic N) is 1. The Balaban J connectivity index is 2.46. The smallest absolute Gasteiger partial charge is 0.263 e. The van der Waals surface area contributed by atoms with E-state index in [1.54, 1.807) is 13.0 Å². The van der Waals surface area contributed by atoms with Crippen molar-refractivity contribution in [3.05, 3.63) is 52.0 Å². The lowest BCUT2D eigenvalue weighted by atomic mass is 10.3. The second-order valence-corrected chi connectivity index (χ2v) is 6.39. The third kappa shape index (κ3) is 3.03. The molecular formula is C12H9Cl2FN2O2S. The first-order chi connectivity index (χ1) is 9.31. The van der Waals surface area contributed by atoms with Crippen LogP contribution in [0.1, 0.15) is 5.56 Å². The van der Waals surface area contributed by atoms with Crippen molar-refractivity contribution in [1.29, 1.82) is 0 Å². The molecular weight excluding hydrogens is 326 g/mol. The van der Waals surface area contributed by atoms with Gasteiger partial charge in [-0.15, -0.1) is 0 Å². The fourth-order valence-corrected chi connectivity index (χ4v) is 3.51. The summed E-state index contributed by atoms with van der Waals surface area (Å²) in [5.41, 5.74) is 0.765. The number of pyridine rings is 1. The van der Waals surface area contributed by atoms with Crippen LogP contribution in [0.5, 0.6) is 0 Å². The van der Waals surface area contributed by atoms with E-state index >= 15 is 0 Å². The molecule has 0 saturated carbocycles. The topological polar surface area (TPSA) is 59.1 Å². The molecule has 0 radical (unpaired) electrons. The minimum absolute atomic E-state index is 0.0202. The summed E-state index contributed by atoms with van der Waals surface area (Å²) in [5.74, 6) is -0.621. The van der Waals surface area contributed by atoms with Crippen LogP contribution >= 0.6 is 23.2 Å². The Bertz CT molecular complexity index is 746. The summed E-state index contributed by atoms with van der Waals surface area (Å²) in [5, 5.41) is -0.193. The van der Waals surface area contributed by atoms with E-state index in [2.05, 4.69) is 9.71 Å². The SMILES string of the molecule is Cc1ccnc(Cl)c1NS(=O)(=O)c1ccc(F)cc1Cl. The molecule has 1 N–H and O–H groups in total. The summed E-state index contributed by atoms with van der Waals surface area (Å²) in [6.45, 7) is 1.68. The van der Waals surface area contributed by atoms with Gasteiger partial charge in [0.25, 0.3) is 10.0 Å². The first-order valence-corrected chi connectivity index (χ1v) is 7.64. The maximum Gasteiger partial charge on any atom is 0.263 e. The van der Waals surface area contributed by atoms with Crippen molar-refractivity contribution in [3.63, 3.8) is 0 Å². The van der Waals surface area contributed by atoms with Gasteiger partial charge in [0, 0.05) is 6.20 Å². The number of anilines is 1. The number of aryl methyl sites for hydroxylation is 1. The fourth-order valence-electron chi connectivity index (χ4n) is 1.53. The van der Waals surface area contributed by atoms with Crippen molar-refractivity contribution >= 4 is 38.9 Å². The average Bonchev–Trinajstić information content (AvgIpc) is 2.33. The first-order valence-electron chi connectivity index (χ1n) is 5.40. The van der Waals surface area contributed by atoms with Crippen LogP contribution in [0.15, 0.2) is 35.4 Å². The van der Waals surface area contributed by atoms with Crippen molar-refractivity contribution in [2.24, 2.45) is 0 Å². The normalized spacial score (nSPS) is 11.4. The Morgan fingerprint density at radius 1 is 1.25 bits per heavy atom. The van der Waals surface area contributed by atoms with Crippen molar-refractivity contribution in [1.82, 2.24) is 4.98 Å². The molecule has 8 heteroatoms. The largest absolute Gasteiger partial charge is 0.276 e. The minimum atomic E-state index is -3.98. The van der Waals surface area contributed by atoms with Gasteiger partial charge in [0.05, 0.1) is 10.7 Å². The van der Waals surface area contributed by atoms with E-state index in [4.69, 9.17) is 23.2 Å². The Labute approximate surface area is 125 Å². The lowest BCUT2D eigenvalue weighted by Gasteiger charge is -2.12. The zero-order chi connectivity index (χ0) is 14.9. The zero-order valence-electron chi connectivity index (χ0n) is 10.2. The van der Waals surface area contributed by atoms with Crippen molar-refractivity contribution in [3.8, 4) is 0 Å². The van der Waals surface area contributed by atoms with Crippen LogP contribution in [-0.4, -0.2) is 13.4 Å². The number of sulfonamides is 1. The van der Waals surface area contributed by atoms with E-state index in [1.807, 2.05) is 0 Å². The highest BCUT2D eigenvalue weighted by molar-refractivity contribution is 7.92. The molecule has 1 aromatic carbocycles. The van der Waals surface area contributed by atoms with Gasteiger partial charge in [0.2, 0.25) is 0 Å².